The Balaban J connectivity index is 2.34. The van der Waals surface area contributed by atoms with Crippen molar-refractivity contribution in [2.75, 3.05) is 14.2 Å². The van der Waals surface area contributed by atoms with E-state index in [0.717, 1.165) is 5.52 Å². The van der Waals surface area contributed by atoms with E-state index in [1.54, 1.807) is 32.2 Å². The fraction of sp³-hybridized carbons (Fsp3) is 0.200. The number of hydrogen-bond acceptors (Lipinski definition) is 4. The zero-order valence-electron chi connectivity index (χ0n) is 11.4. The molecule has 0 aliphatic heterocycles. The summed E-state index contributed by atoms with van der Waals surface area (Å²) in [6.45, 7) is 1.59. The van der Waals surface area contributed by atoms with Crippen LogP contribution in [0.2, 0.25) is 0 Å². The molecule has 0 saturated heterocycles. The summed E-state index contributed by atoms with van der Waals surface area (Å²) in [5.74, 6) is 0.238. The number of Topliss-reactive ketones (excluding diaryl/α,β-unsaturated/α-hetero) is 2. The molecule has 2 aromatic rings. The molecule has 0 bridgehead atoms. The summed E-state index contributed by atoms with van der Waals surface area (Å²) in [6.07, 6.45) is 0. The summed E-state index contributed by atoms with van der Waals surface area (Å²) in [7, 11) is 2.95. The molecule has 0 amide bonds. The maximum atomic E-state index is 12.5. The Morgan fingerprint density at radius 3 is 2.45 bits per heavy atom. The second kappa shape index (κ2) is 4.23. The minimum atomic E-state index is -0.279. The average Bonchev–Trinajstić information content (AvgIpc) is 2.84. The number of nitrogens with one attached hydrogen (secondary N) is 1. The number of hydrogen-bond donors (Lipinski definition) is 1. The van der Waals surface area contributed by atoms with E-state index >= 15 is 0 Å². The summed E-state index contributed by atoms with van der Waals surface area (Å²) in [5.41, 5.74) is 1.72. The predicted molar refractivity (Wildman–Crippen MR) is 73.2 cm³/mol. The third-order valence-electron chi connectivity index (χ3n) is 3.55. The molecule has 0 saturated carbocycles. The van der Waals surface area contributed by atoms with Gasteiger partial charge in [-0.05, 0) is 25.1 Å². The van der Waals surface area contributed by atoms with E-state index in [1.807, 2.05) is 0 Å². The summed E-state index contributed by atoms with van der Waals surface area (Å²) >= 11 is 0. The highest BCUT2D eigenvalue weighted by Crippen LogP contribution is 2.33. The number of allylic oxidation sites excluding steroid dienone is 2. The van der Waals surface area contributed by atoms with Gasteiger partial charge in [-0.15, -0.1) is 0 Å². The highest BCUT2D eigenvalue weighted by molar-refractivity contribution is 6.30. The Bertz CT molecular complexity index is 783. The van der Waals surface area contributed by atoms with E-state index in [0.29, 0.717) is 28.0 Å². The van der Waals surface area contributed by atoms with Crippen molar-refractivity contribution in [2.45, 2.75) is 6.92 Å². The highest BCUT2D eigenvalue weighted by Gasteiger charge is 2.34. The summed E-state index contributed by atoms with van der Waals surface area (Å²) in [6, 6.07) is 5.30. The van der Waals surface area contributed by atoms with Crippen LogP contribution in [-0.4, -0.2) is 30.8 Å². The third-order valence-corrected chi connectivity index (χ3v) is 3.55. The number of benzene rings is 1. The van der Waals surface area contributed by atoms with Crippen LogP contribution in [0.15, 0.2) is 29.5 Å². The lowest BCUT2D eigenvalue weighted by Crippen LogP contribution is -2.21. The number of fused-ring (bicyclic) bond motifs is 3. The van der Waals surface area contributed by atoms with Crippen molar-refractivity contribution in [3.8, 4) is 5.75 Å². The first-order chi connectivity index (χ1) is 9.58. The Hall–Kier alpha value is -2.56. The molecular weight excluding hydrogens is 258 g/mol. The van der Waals surface area contributed by atoms with Crippen LogP contribution < -0.4 is 4.74 Å². The van der Waals surface area contributed by atoms with Crippen LogP contribution in [0.25, 0.3) is 10.9 Å². The van der Waals surface area contributed by atoms with Crippen molar-refractivity contribution in [3.63, 3.8) is 0 Å². The molecule has 5 nitrogen and oxygen atoms in total. The number of rotatable bonds is 2. The van der Waals surface area contributed by atoms with Crippen molar-refractivity contribution < 1.29 is 19.1 Å². The average molecular weight is 271 g/mol. The number of aromatic nitrogens is 1. The second-order valence-electron chi connectivity index (χ2n) is 4.60. The number of H-pyrrole nitrogens is 1. The van der Waals surface area contributed by atoms with Gasteiger partial charge < -0.3 is 14.5 Å². The van der Waals surface area contributed by atoms with Gasteiger partial charge in [0.15, 0.2) is 5.76 Å². The van der Waals surface area contributed by atoms with E-state index in [4.69, 9.17) is 9.47 Å². The lowest BCUT2D eigenvalue weighted by molar-refractivity contribution is 0.0906. The molecule has 3 rings (SSSR count). The molecule has 0 atom stereocenters. The lowest BCUT2D eigenvalue weighted by Gasteiger charge is -2.14. The number of carbonyl (C=O) groups is 2. The van der Waals surface area contributed by atoms with Gasteiger partial charge in [-0.1, -0.05) is 0 Å². The van der Waals surface area contributed by atoms with Crippen LogP contribution >= 0.6 is 0 Å². The molecule has 1 aromatic carbocycles. The van der Waals surface area contributed by atoms with Gasteiger partial charge in [0, 0.05) is 16.5 Å². The zero-order valence-corrected chi connectivity index (χ0v) is 11.4. The number of carbonyl (C=O) groups excluding carboxylic acids is 2. The standard InChI is InChI=1S/C15H13NO4/c1-7-13(17)12-11(14(18)15(7)20-3)9-6-8(19-2)4-5-10(9)16-12/h4-6,16H,1-3H3. The molecule has 1 aromatic heterocycles. The van der Waals surface area contributed by atoms with Gasteiger partial charge in [-0.2, -0.15) is 0 Å². The van der Waals surface area contributed by atoms with Crippen LogP contribution in [0.4, 0.5) is 0 Å². The Kier molecular flexibility index (Phi) is 2.64. The van der Waals surface area contributed by atoms with Gasteiger partial charge in [0.05, 0.1) is 25.5 Å². The smallest absolute Gasteiger partial charge is 0.230 e. The van der Waals surface area contributed by atoms with Crippen molar-refractivity contribution in [3.05, 3.63) is 40.8 Å². The van der Waals surface area contributed by atoms with Crippen molar-refractivity contribution >= 4 is 22.5 Å². The van der Waals surface area contributed by atoms with Gasteiger partial charge in [0.1, 0.15) is 5.75 Å². The number of ketones is 2. The Labute approximate surface area is 115 Å². The van der Waals surface area contributed by atoms with Crippen LogP contribution in [-0.2, 0) is 4.74 Å². The molecule has 102 valence electrons. The topological polar surface area (TPSA) is 68.4 Å². The summed E-state index contributed by atoms with van der Waals surface area (Å²) < 4.78 is 10.2. The van der Waals surface area contributed by atoms with Crippen LogP contribution in [0.3, 0.4) is 0 Å². The first kappa shape index (κ1) is 12.5. The Morgan fingerprint density at radius 1 is 1.05 bits per heavy atom. The van der Waals surface area contributed by atoms with E-state index in [9.17, 15) is 9.59 Å². The molecule has 1 aliphatic carbocycles. The number of aromatic amines is 1. The number of methoxy groups -OCH3 is 2. The molecule has 1 heterocycles. The summed E-state index contributed by atoms with van der Waals surface area (Å²) in [4.78, 5) is 27.8. The summed E-state index contributed by atoms with van der Waals surface area (Å²) in [5, 5.41) is 0.666. The number of ether oxygens (including phenoxy) is 2. The normalized spacial score (nSPS) is 14.8. The molecule has 1 aliphatic rings. The molecule has 0 unspecified atom stereocenters. The van der Waals surface area contributed by atoms with Gasteiger partial charge in [0.2, 0.25) is 11.6 Å². The lowest BCUT2D eigenvalue weighted by atomic mass is 9.92. The van der Waals surface area contributed by atoms with Gasteiger partial charge in [-0.25, -0.2) is 0 Å². The molecule has 5 heteroatoms. The van der Waals surface area contributed by atoms with Crippen LogP contribution in [0.1, 0.15) is 27.8 Å². The first-order valence-electron chi connectivity index (χ1n) is 6.12. The largest absolute Gasteiger partial charge is 0.497 e. The van der Waals surface area contributed by atoms with Crippen molar-refractivity contribution in [1.29, 1.82) is 0 Å². The molecule has 1 N–H and O–H groups in total. The predicted octanol–water partition coefficient (Wildman–Crippen LogP) is 2.48. The highest BCUT2D eigenvalue weighted by atomic mass is 16.5. The van der Waals surface area contributed by atoms with Gasteiger partial charge in [0.25, 0.3) is 0 Å². The fourth-order valence-corrected chi connectivity index (χ4v) is 2.52. The van der Waals surface area contributed by atoms with Crippen LogP contribution in [0, 0.1) is 0 Å². The molecular formula is C15H13NO4. The monoisotopic (exact) mass is 271 g/mol. The quantitative estimate of drug-likeness (QED) is 0.911. The van der Waals surface area contributed by atoms with Gasteiger partial charge >= 0.3 is 0 Å². The van der Waals surface area contributed by atoms with Crippen molar-refractivity contribution in [1.82, 2.24) is 4.98 Å². The first-order valence-corrected chi connectivity index (χ1v) is 6.12. The zero-order chi connectivity index (χ0) is 14.4. The van der Waals surface area contributed by atoms with E-state index in [-0.39, 0.29) is 17.3 Å². The van der Waals surface area contributed by atoms with Crippen LogP contribution in [0.5, 0.6) is 5.75 Å². The minimum absolute atomic E-state index is 0.103. The third kappa shape index (κ3) is 1.49. The van der Waals surface area contributed by atoms with E-state index < -0.39 is 0 Å². The second-order valence-corrected chi connectivity index (χ2v) is 4.60. The molecule has 0 radical (unpaired) electrons. The maximum Gasteiger partial charge on any atom is 0.230 e. The SMILES string of the molecule is COC1=C(C)C(=O)c2[nH]c3ccc(OC)cc3c2C1=O. The molecule has 0 spiro atoms. The minimum Gasteiger partial charge on any atom is -0.497 e. The Morgan fingerprint density at radius 2 is 1.80 bits per heavy atom. The fourth-order valence-electron chi connectivity index (χ4n) is 2.52. The van der Waals surface area contributed by atoms with Crippen molar-refractivity contribution in [2.24, 2.45) is 0 Å². The molecule has 0 fully saturated rings. The molecule has 20 heavy (non-hydrogen) atoms. The maximum absolute atomic E-state index is 12.5. The van der Waals surface area contributed by atoms with E-state index in [2.05, 4.69) is 4.98 Å². The van der Waals surface area contributed by atoms with E-state index in [1.165, 1.54) is 7.11 Å². The van der Waals surface area contributed by atoms with Gasteiger partial charge in [-0.3, -0.25) is 9.59 Å².